The molecule has 0 unspecified atom stereocenters. The van der Waals surface area contributed by atoms with E-state index in [0.29, 0.717) is 24.5 Å². The van der Waals surface area contributed by atoms with Crippen molar-refractivity contribution in [2.45, 2.75) is 13.3 Å². The summed E-state index contributed by atoms with van der Waals surface area (Å²) in [4.78, 5) is 37.3. The molecule has 0 saturated carbocycles. The Labute approximate surface area is 155 Å². The van der Waals surface area contributed by atoms with E-state index in [1.807, 2.05) is 24.3 Å². The Kier molecular flexibility index (Phi) is 4.38. The van der Waals surface area contributed by atoms with Gasteiger partial charge in [-0.2, -0.15) is 0 Å². The maximum atomic E-state index is 12.8. The second kappa shape index (κ2) is 6.84. The lowest BCUT2D eigenvalue weighted by atomic mass is 10.1. The molecule has 0 atom stereocenters. The molecule has 3 heterocycles. The monoisotopic (exact) mass is 366 g/mol. The highest BCUT2D eigenvalue weighted by atomic mass is 32.1. The van der Waals surface area contributed by atoms with Crippen LogP contribution in [0.25, 0.3) is 10.2 Å². The maximum absolute atomic E-state index is 12.8. The van der Waals surface area contributed by atoms with Crippen LogP contribution in [-0.2, 0) is 11.2 Å². The summed E-state index contributed by atoms with van der Waals surface area (Å²) in [5.41, 5.74) is 1.52. The van der Waals surface area contributed by atoms with Gasteiger partial charge < -0.3 is 4.90 Å². The van der Waals surface area contributed by atoms with Crippen molar-refractivity contribution in [2.75, 3.05) is 24.5 Å². The molecule has 26 heavy (non-hydrogen) atoms. The Morgan fingerprint density at radius 1 is 1.23 bits per heavy atom. The molecule has 0 N–H and O–H groups in total. The van der Waals surface area contributed by atoms with Gasteiger partial charge in [-0.1, -0.05) is 13.0 Å². The van der Waals surface area contributed by atoms with Crippen molar-refractivity contribution in [3.63, 3.8) is 0 Å². The molecule has 0 aliphatic carbocycles. The SMILES string of the molecule is CCc1nc2ccc(C(=O)N3CCN(c4ccccn4)C(=O)C3)cc2s1. The molecule has 0 bridgehead atoms. The van der Waals surface area contributed by atoms with Gasteiger partial charge in [0.25, 0.3) is 5.91 Å². The lowest BCUT2D eigenvalue weighted by Crippen LogP contribution is -2.52. The van der Waals surface area contributed by atoms with Gasteiger partial charge in [-0.05, 0) is 36.8 Å². The van der Waals surface area contributed by atoms with E-state index in [0.717, 1.165) is 21.6 Å². The highest BCUT2D eigenvalue weighted by Crippen LogP contribution is 2.24. The van der Waals surface area contributed by atoms with Crippen LogP contribution in [0.4, 0.5) is 5.82 Å². The molecular weight excluding hydrogens is 348 g/mol. The number of thiazole rings is 1. The number of amides is 2. The smallest absolute Gasteiger partial charge is 0.254 e. The van der Waals surface area contributed by atoms with Crippen LogP contribution < -0.4 is 4.90 Å². The largest absolute Gasteiger partial charge is 0.328 e. The van der Waals surface area contributed by atoms with Crippen molar-refractivity contribution in [2.24, 2.45) is 0 Å². The molecule has 0 spiro atoms. The Balaban J connectivity index is 1.51. The van der Waals surface area contributed by atoms with E-state index in [2.05, 4.69) is 16.9 Å². The number of piperazine rings is 1. The zero-order valence-corrected chi connectivity index (χ0v) is 15.2. The molecule has 3 aromatic rings. The van der Waals surface area contributed by atoms with Crippen LogP contribution in [0, 0.1) is 0 Å². The van der Waals surface area contributed by atoms with Gasteiger partial charge in [0.15, 0.2) is 0 Å². The van der Waals surface area contributed by atoms with Gasteiger partial charge in [0.05, 0.1) is 15.2 Å². The normalized spacial score (nSPS) is 14.9. The van der Waals surface area contributed by atoms with Crippen LogP contribution in [0.1, 0.15) is 22.3 Å². The van der Waals surface area contributed by atoms with Crippen LogP contribution in [0.5, 0.6) is 0 Å². The number of anilines is 1. The van der Waals surface area contributed by atoms with E-state index >= 15 is 0 Å². The van der Waals surface area contributed by atoms with Crippen LogP contribution in [0.15, 0.2) is 42.6 Å². The summed E-state index contributed by atoms with van der Waals surface area (Å²) in [7, 11) is 0. The van der Waals surface area contributed by atoms with Gasteiger partial charge in [0, 0.05) is 24.8 Å². The van der Waals surface area contributed by atoms with Crippen LogP contribution >= 0.6 is 11.3 Å². The molecule has 1 aliphatic rings. The minimum atomic E-state index is -0.118. The summed E-state index contributed by atoms with van der Waals surface area (Å²) < 4.78 is 1.01. The molecule has 4 rings (SSSR count). The van der Waals surface area contributed by atoms with E-state index in [1.54, 1.807) is 39.5 Å². The van der Waals surface area contributed by atoms with Crippen LogP contribution in [0.3, 0.4) is 0 Å². The van der Waals surface area contributed by atoms with Crippen molar-refractivity contribution in [3.8, 4) is 0 Å². The molecule has 2 amide bonds. The van der Waals surface area contributed by atoms with E-state index in [-0.39, 0.29) is 18.4 Å². The van der Waals surface area contributed by atoms with Gasteiger partial charge in [-0.15, -0.1) is 11.3 Å². The molecule has 0 radical (unpaired) electrons. The highest BCUT2D eigenvalue weighted by molar-refractivity contribution is 7.18. The number of rotatable bonds is 3. The molecule has 6 nitrogen and oxygen atoms in total. The second-order valence-electron chi connectivity index (χ2n) is 6.10. The number of aromatic nitrogens is 2. The standard InChI is InChI=1S/C19H18N4O2S/c1-2-17-21-14-7-6-13(11-15(14)26-17)19(25)22-9-10-23(18(24)12-22)16-5-3-4-8-20-16/h3-8,11H,2,9-10,12H2,1H3. The third-order valence-electron chi connectivity index (χ3n) is 4.42. The van der Waals surface area contributed by atoms with Gasteiger partial charge >= 0.3 is 0 Å². The molecule has 7 heteroatoms. The Hall–Kier alpha value is -2.80. The fourth-order valence-corrected chi connectivity index (χ4v) is 3.99. The Morgan fingerprint density at radius 3 is 2.85 bits per heavy atom. The average molecular weight is 366 g/mol. The number of hydrogen-bond acceptors (Lipinski definition) is 5. The maximum Gasteiger partial charge on any atom is 0.254 e. The number of pyridine rings is 1. The Morgan fingerprint density at radius 2 is 2.12 bits per heavy atom. The zero-order chi connectivity index (χ0) is 18.1. The predicted octanol–water partition coefficient (Wildman–Crippen LogP) is 2.74. The van der Waals surface area contributed by atoms with E-state index in [9.17, 15) is 9.59 Å². The number of benzene rings is 1. The summed E-state index contributed by atoms with van der Waals surface area (Å²) >= 11 is 1.61. The first-order chi connectivity index (χ1) is 12.7. The van der Waals surface area contributed by atoms with Crippen molar-refractivity contribution in [1.82, 2.24) is 14.9 Å². The molecular formula is C19H18N4O2S. The molecule has 132 valence electrons. The van der Waals surface area contributed by atoms with Crippen molar-refractivity contribution in [1.29, 1.82) is 0 Å². The molecule has 1 aromatic carbocycles. The minimum Gasteiger partial charge on any atom is -0.328 e. The number of aryl methyl sites for hydroxylation is 1. The van der Waals surface area contributed by atoms with Crippen LogP contribution in [0.2, 0.25) is 0 Å². The molecule has 2 aromatic heterocycles. The quantitative estimate of drug-likeness (QED) is 0.715. The number of nitrogens with zero attached hydrogens (tertiary/aromatic N) is 4. The first kappa shape index (κ1) is 16.7. The van der Waals surface area contributed by atoms with E-state index in [4.69, 9.17) is 0 Å². The molecule has 1 saturated heterocycles. The average Bonchev–Trinajstić information content (AvgIpc) is 3.10. The van der Waals surface area contributed by atoms with Gasteiger partial charge in [-0.3, -0.25) is 14.5 Å². The van der Waals surface area contributed by atoms with Crippen molar-refractivity contribution in [3.05, 3.63) is 53.2 Å². The number of carbonyl (C=O) groups excluding carboxylic acids is 2. The molecule has 1 fully saturated rings. The Bertz CT molecular complexity index is 970. The van der Waals surface area contributed by atoms with E-state index in [1.165, 1.54) is 0 Å². The number of hydrogen-bond donors (Lipinski definition) is 0. The summed E-state index contributed by atoms with van der Waals surface area (Å²) in [6.45, 7) is 3.07. The summed E-state index contributed by atoms with van der Waals surface area (Å²) in [5, 5.41) is 1.06. The molecule has 1 aliphatic heterocycles. The third kappa shape index (κ3) is 3.06. The van der Waals surface area contributed by atoms with Crippen molar-refractivity contribution < 1.29 is 9.59 Å². The summed E-state index contributed by atoms with van der Waals surface area (Å²) in [5.74, 6) is 0.394. The minimum absolute atomic E-state index is 0.0658. The topological polar surface area (TPSA) is 66.4 Å². The first-order valence-electron chi connectivity index (χ1n) is 8.56. The van der Waals surface area contributed by atoms with Crippen molar-refractivity contribution >= 4 is 39.2 Å². The lowest BCUT2D eigenvalue weighted by Gasteiger charge is -2.33. The summed E-state index contributed by atoms with van der Waals surface area (Å²) in [6, 6.07) is 11.0. The fraction of sp³-hybridized carbons (Fsp3) is 0.263. The van der Waals surface area contributed by atoms with Gasteiger partial charge in [0.1, 0.15) is 12.4 Å². The highest BCUT2D eigenvalue weighted by Gasteiger charge is 2.29. The number of carbonyl (C=O) groups is 2. The number of fused-ring (bicyclic) bond motifs is 1. The zero-order valence-electron chi connectivity index (χ0n) is 14.4. The summed E-state index contributed by atoms with van der Waals surface area (Å²) in [6.07, 6.45) is 2.54. The fourth-order valence-electron chi connectivity index (χ4n) is 3.04. The van der Waals surface area contributed by atoms with E-state index < -0.39 is 0 Å². The lowest BCUT2D eigenvalue weighted by molar-refractivity contribution is -0.120. The predicted molar refractivity (Wildman–Crippen MR) is 101 cm³/mol. The van der Waals surface area contributed by atoms with Gasteiger partial charge in [-0.25, -0.2) is 9.97 Å². The van der Waals surface area contributed by atoms with Gasteiger partial charge in [0.2, 0.25) is 5.91 Å². The van der Waals surface area contributed by atoms with Crippen LogP contribution in [-0.4, -0.2) is 46.3 Å². The first-order valence-corrected chi connectivity index (χ1v) is 9.37. The second-order valence-corrected chi connectivity index (χ2v) is 7.22. The third-order valence-corrected chi connectivity index (χ3v) is 5.58.